The Kier molecular flexibility index (Phi) is 6.41. The number of hydrogen-bond acceptors (Lipinski definition) is 3. The summed E-state index contributed by atoms with van der Waals surface area (Å²) in [5, 5.41) is 8.77. The van der Waals surface area contributed by atoms with E-state index in [0.717, 1.165) is 24.2 Å². The van der Waals surface area contributed by atoms with E-state index in [4.69, 9.17) is 16.3 Å². The van der Waals surface area contributed by atoms with Gasteiger partial charge in [-0.3, -0.25) is 4.79 Å². The average Bonchev–Trinajstić information content (AvgIpc) is 3.45. The second kappa shape index (κ2) is 8.97. The Morgan fingerprint density at radius 1 is 1.18 bits per heavy atom. The van der Waals surface area contributed by atoms with Crippen molar-refractivity contribution in [3.63, 3.8) is 0 Å². The van der Waals surface area contributed by atoms with Crippen LogP contribution in [0.4, 0.5) is 10.5 Å². The van der Waals surface area contributed by atoms with E-state index in [9.17, 15) is 9.59 Å². The third-order valence-electron chi connectivity index (χ3n) is 4.10. The van der Waals surface area contributed by atoms with Crippen LogP contribution in [-0.4, -0.2) is 24.1 Å². The van der Waals surface area contributed by atoms with Crippen LogP contribution in [0.5, 0.6) is 5.75 Å². The quantitative estimate of drug-likeness (QED) is 0.645. The number of carbonyl (C=O) groups is 2. The Labute approximate surface area is 169 Å². The standard InChI is InChI=1S/C21H24ClN3O3/c1-13(2)28-17-5-3-4-14(10-17)12-23-21(27)25-16-8-9-19(22)18(11-16)20(26)24-15-6-7-15/h3-5,8-11,13,15H,6-7,12H2,1-2H3,(H,24,26)(H2,23,25,27). The van der Waals surface area contributed by atoms with Crippen LogP contribution in [0.3, 0.4) is 0 Å². The number of benzene rings is 2. The molecular formula is C21H24ClN3O3. The Morgan fingerprint density at radius 2 is 1.96 bits per heavy atom. The molecule has 2 aromatic rings. The number of carbonyl (C=O) groups excluding carboxylic acids is 2. The van der Waals surface area contributed by atoms with Crippen molar-refractivity contribution in [2.75, 3.05) is 5.32 Å². The summed E-state index contributed by atoms with van der Waals surface area (Å²) in [6, 6.07) is 12.3. The molecule has 0 atom stereocenters. The molecule has 148 valence electrons. The second-order valence-electron chi connectivity index (χ2n) is 7.06. The molecule has 0 aromatic heterocycles. The summed E-state index contributed by atoms with van der Waals surface area (Å²) in [6.45, 7) is 4.27. The van der Waals surface area contributed by atoms with Crippen molar-refractivity contribution in [1.82, 2.24) is 10.6 Å². The molecule has 0 unspecified atom stereocenters. The smallest absolute Gasteiger partial charge is 0.319 e. The van der Waals surface area contributed by atoms with E-state index < -0.39 is 0 Å². The van der Waals surface area contributed by atoms with Gasteiger partial charge < -0.3 is 20.7 Å². The van der Waals surface area contributed by atoms with Gasteiger partial charge in [0.05, 0.1) is 16.7 Å². The first-order valence-corrected chi connectivity index (χ1v) is 9.69. The summed E-state index contributed by atoms with van der Waals surface area (Å²) in [7, 11) is 0. The molecule has 1 aliphatic carbocycles. The molecule has 3 amide bonds. The van der Waals surface area contributed by atoms with E-state index in [0.29, 0.717) is 22.8 Å². The Balaban J connectivity index is 1.56. The molecule has 6 nitrogen and oxygen atoms in total. The maximum absolute atomic E-state index is 12.2. The number of anilines is 1. The molecule has 3 N–H and O–H groups in total. The third-order valence-corrected chi connectivity index (χ3v) is 4.43. The maximum Gasteiger partial charge on any atom is 0.319 e. The van der Waals surface area contributed by atoms with Gasteiger partial charge in [-0.1, -0.05) is 23.7 Å². The molecule has 1 fully saturated rings. The number of amides is 3. The fraction of sp³-hybridized carbons (Fsp3) is 0.333. The molecule has 0 radical (unpaired) electrons. The van der Waals surface area contributed by atoms with Gasteiger partial charge in [0.15, 0.2) is 0 Å². The minimum atomic E-state index is -0.369. The van der Waals surface area contributed by atoms with E-state index in [1.807, 2.05) is 38.1 Å². The lowest BCUT2D eigenvalue weighted by molar-refractivity contribution is 0.0951. The van der Waals surface area contributed by atoms with Gasteiger partial charge >= 0.3 is 6.03 Å². The number of rotatable bonds is 7. The molecule has 1 saturated carbocycles. The summed E-state index contributed by atoms with van der Waals surface area (Å²) in [5.41, 5.74) is 1.78. The second-order valence-corrected chi connectivity index (χ2v) is 7.47. The number of halogens is 1. The van der Waals surface area contributed by atoms with Crippen molar-refractivity contribution in [1.29, 1.82) is 0 Å². The molecule has 0 saturated heterocycles. The lowest BCUT2D eigenvalue weighted by Gasteiger charge is -2.12. The average molecular weight is 402 g/mol. The summed E-state index contributed by atoms with van der Waals surface area (Å²) < 4.78 is 5.66. The number of nitrogens with one attached hydrogen (secondary N) is 3. The van der Waals surface area contributed by atoms with Gasteiger partial charge in [0.2, 0.25) is 0 Å². The van der Waals surface area contributed by atoms with Gasteiger partial charge in [0.1, 0.15) is 5.75 Å². The van der Waals surface area contributed by atoms with Gasteiger partial charge in [-0.2, -0.15) is 0 Å². The van der Waals surface area contributed by atoms with Crippen molar-refractivity contribution in [2.24, 2.45) is 0 Å². The van der Waals surface area contributed by atoms with Crippen molar-refractivity contribution < 1.29 is 14.3 Å². The Morgan fingerprint density at radius 3 is 2.68 bits per heavy atom. The largest absolute Gasteiger partial charge is 0.491 e. The van der Waals surface area contributed by atoms with Crippen molar-refractivity contribution in [2.45, 2.75) is 45.4 Å². The van der Waals surface area contributed by atoms with E-state index in [1.54, 1.807) is 18.2 Å². The van der Waals surface area contributed by atoms with Crippen LogP contribution >= 0.6 is 11.6 Å². The van der Waals surface area contributed by atoms with Crippen LogP contribution in [0.2, 0.25) is 5.02 Å². The SMILES string of the molecule is CC(C)Oc1cccc(CNC(=O)Nc2ccc(Cl)c(C(=O)NC3CC3)c2)c1. The fourth-order valence-electron chi connectivity index (χ4n) is 2.63. The van der Waals surface area contributed by atoms with E-state index in [-0.39, 0.29) is 24.1 Å². The molecule has 3 rings (SSSR count). The van der Waals surface area contributed by atoms with Gasteiger partial charge in [-0.05, 0) is 62.6 Å². The summed E-state index contributed by atoms with van der Waals surface area (Å²) in [6.07, 6.45) is 2.07. The van der Waals surface area contributed by atoms with Gasteiger partial charge in [0.25, 0.3) is 5.91 Å². The summed E-state index contributed by atoms with van der Waals surface area (Å²) in [5.74, 6) is 0.539. The van der Waals surface area contributed by atoms with E-state index in [1.165, 1.54) is 0 Å². The van der Waals surface area contributed by atoms with Crippen LogP contribution in [0.1, 0.15) is 42.6 Å². The molecule has 1 aliphatic rings. The minimum absolute atomic E-state index is 0.0859. The van der Waals surface area contributed by atoms with Crippen LogP contribution in [-0.2, 0) is 6.54 Å². The molecule has 28 heavy (non-hydrogen) atoms. The first kappa shape index (κ1) is 20.0. The normalized spacial score (nSPS) is 13.1. The van der Waals surface area contributed by atoms with Crippen molar-refractivity contribution >= 4 is 29.2 Å². The van der Waals surface area contributed by atoms with Crippen molar-refractivity contribution in [3.05, 3.63) is 58.6 Å². The molecule has 7 heteroatoms. The highest BCUT2D eigenvalue weighted by Gasteiger charge is 2.24. The minimum Gasteiger partial charge on any atom is -0.491 e. The molecular weight excluding hydrogens is 378 g/mol. The predicted octanol–water partition coefficient (Wildman–Crippen LogP) is 4.34. The van der Waals surface area contributed by atoms with E-state index in [2.05, 4.69) is 16.0 Å². The third kappa shape index (κ3) is 5.89. The zero-order valence-electron chi connectivity index (χ0n) is 15.9. The lowest BCUT2D eigenvalue weighted by Crippen LogP contribution is -2.29. The van der Waals surface area contributed by atoms with Crippen LogP contribution in [0.25, 0.3) is 0 Å². The van der Waals surface area contributed by atoms with Crippen LogP contribution in [0, 0.1) is 0 Å². The van der Waals surface area contributed by atoms with Crippen molar-refractivity contribution in [3.8, 4) is 5.75 Å². The highest BCUT2D eigenvalue weighted by Crippen LogP contribution is 2.24. The maximum atomic E-state index is 12.2. The Hall–Kier alpha value is -2.73. The van der Waals surface area contributed by atoms with Gasteiger partial charge in [-0.25, -0.2) is 4.79 Å². The van der Waals surface area contributed by atoms with E-state index >= 15 is 0 Å². The van der Waals surface area contributed by atoms with Crippen LogP contribution < -0.4 is 20.7 Å². The summed E-state index contributed by atoms with van der Waals surface area (Å²) in [4.78, 5) is 24.5. The zero-order valence-corrected chi connectivity index (χ0v) is 16.7. The van der Waals surface area contributed by atoms with Gasteiger partial charge in [0, 0.05) is 18.3 Å². The number of ether oxygens (including phenoxy) is 1. The highest BCUT2D eigenvalue weighted by molar-refractivity contribution is 6.34. The fourth-order valence-corrected chi connectivity index (χ4v) is 2.83. The molecule has 0 bridgehead atoms. The van der Waals surface area contributed by atoms with Gasteiger partial charge in [-0.15, -0.1) is 0 Å². The monoisotopic (exact) mass is 401 g/mol. The lowest BCUT2D eigenvalue weighted by atomic mass is 10.2. The summed E-state index contributed by atoms with van der Waals surface area (Å²) >= 11 is 6.12. The topological polar surface area (TPSA) is 79.5 Å². The Bertz CT molecular complexity index is 866. The molecule has 0 aliphatic heterocycles. The number of hydrogen-bond donors (Lipinski definition) is 3. The highest BCUT2D eigenvalue weighted by atomic mass is 35.5. The predicted molar refractivity (Wildman–Crippen MR) is 110 cm³/mol. The molecule has 2 aromatic carbocycles. The number of urea groups is 1. The zero-order chi connectivity index (χ0) is 20.1. The molecule has 0 heterocycles. The first-order chi connectivity index (χ1) is 13.4. The van der Waals surface area contributed by atoms with Crippen LogP contribution in [0.15, 0.2) is 42.5 Å². The molecule has 0 spiro atoms. The first-order valence-electron chi connectivity index (χ1n) is 9.31.